The molecule has 0 bridgehead atoms. The fourth-order valence-electron chi connectivity index (χ4n) is 2.22. The summed E-state index contributed by atoms with van der Waals surface area (Å²) in [4.78, 5) is 11.3. The molecule has 0 fully saturated rings. The van der Waals surface area contributed by atoms with Gasteiger partial charge >= 0.3 is 0 Å². The lowest BCUT2D eigenvalue weighted by Gasteiger charge is -2.16. The molecule has 1 aromatic carbocycles. The Bertz CT molecular complexity index is 412. The smallest absolute Gasteiger partial charge is 0.228 e. The molecule has 1 aliphatic heterocycles. The van der Waals surface area contributed by atoms with Crippen molar-refractivity contribution in [3.8, 4) is 0 Å². The van der Waals surface area contributed by atoms with Crippen LogP contribution in [0.25, 0.3) is 0 Å². The first-order valence-electron chi connectivity index (χ1n) is 5.80. The lowest BCUT2D eigenvalue weighted by atomic mass is 9.97. The lowest BCUT2D eigenvalue weighted by molar-refractivity contribution is -0.115. The second-order valence-electron chi connectivity index (χ2n) is 4.35. The molecule has 1 aromatic rings. The minimum atomic E-state index is 0.0778. The van der Waals surface area contributed by atoms with E-state index in [-0.39, 0.29) is 5.91 Å². The molecule has 1 unspecified atom stereocenters. The molecule has 2 rings (SSSR count). The van der Waals surface area contributed by atoms with E-state index in [9.17, 15) is 4.79 Å². The average molecular weight is 234 g/mol. The molecule has 0 saturated carbocycles. The van der Waals surface area contributed by atoms with E-state index in [1.165, 1.54) is 5.56 Å². The zero-order valence-corrected chi connectivity index (χ0v) is 10.2. The number of nitrogens with one attached hydrogen (secondary N) is 2. The van der Waals surface area contributed by atoms with Crippen LogP contribution in [0.4, 0.5) is 5.69 Å². The number of anilines is 1. The van der Waals surface area contributed by atoms with E-state index in [0.29, 0.717) is 18.9 Å². The molecule has 4 heteroatoms. The Labute approximate surface area is 101 Å². The predicted molar refractivity (Wildman–Crippen MR) is 67.3 cm³/mol. The SMILES string of the molecule is CNCC(COC)c1ccc2c(c1)CC(=O)N2. The number of methoxy groups -OCH3 is 1. The van der Waals surface area contributed by atoms with Crippen LogP contribution >= 0.6 is 0 Å². The van der Waals surface area contributed by atoms with Crippen LogP contribution in [-0.4, -0.2) is 33.2 Å². The Morgan fingerprint density at radius 1 is 1.53 bits per heavy atom. The van der Waals surface area contributed by atoms with E-state index in [4.69, 9.17) is 4.74 Å². The molecule has 0 saturated heterocycles. The molecule has 0 radical (unpaired) electrons. The topological polar surface area (TPSA) is 50.4 Å². The van der Waals surface area contributed by atoms with Gasteiger partial charge in [0.05, 0.1) is 13.0 Å². The third-order valence-corrected chi connectivity index (χ3v) is 3.04. The number of ether oxygens (including phenoxy) is 1. The van der Waals surface area contributed by atoms with Gasteiger partial charge in [-0.1, -0.05) is 12.1 Å². The number of carbonyl (C=O) groups is 1. The monoisotopic (exact) mass is 234 g/mol. The van der Waals surface area contributed by atoms with Crippen molar-refractivity contribution in [1.29, 1.82) is 0 Å². The zero-order chi connectivity index (χ0) is 12.3. The normalized spacial score (nSPS) is 15.5. The van der Waals surface area contributed by atoms with Crippen molar-refractivity contribution in [2.45, 2.75) is 12.3 Å². The fourth-order valence-corrected chi connectivity index (χ4v) is 2.22. The maximum atomic E-state index is 11.3. The Hall–Kier alpha value is -1.39. The van der Waals surface area contributed by atoms with Crippen LogP contribution in [0, 0.1) is 0 Å². The number of fused-ring (bicyclic) bond motifs is 1. The summed E-state index contributed by atoms with van der Waals surface area (Å²) in [6.07, 6.45) is 0.489. The summed E-state index contributed by atoms with van der Waals surface area (Å²) in [5, 5.41) is 6.01. The van der Waals surface area contributed by atoms with Gasteiger partial charge in [0.2, 0.25) is 5.91 Å². The van der Waals surface area contributed by atoms with Crippen molar-refractivity contribution in [3.63, 3.8) is 0 Å². The van der Waals surface area contributed by atoms with Crippen LogP contribution in [0.15, 0.2) is 18.2 Å². The van der Waals surface area contributed by atoms with Crippen molar-refractivity contribution < 1.29 is 9.53 Å². The molecule has 1 heterocycles. The van der Waals surface area contributed by atoms with Gasteiger partial charge in [0.15, 0.2) is 0 Å². The van der Waals surface area contributed by atoms with E-state index < -0.39 is 0 Å². The van der Waals surface area contributed by atoms with Crippen LogP contribution in [-0.2, 0) is 16.0 Å². The van der Waals surface area contributed by atoms with Gasteiger partial charge in [-0.05, 0) is 24.2 Å². The summed E-state index contributed by atoms with van der Waals surface area (Å²) in [6, 6.07) is 6.15. The molecule has 0 spiro atoms. The highest BCUT2D eigenvalue weighted by Gasteiger charge is 2.19. The highest BCUT2D eigenvalue weighted by atomic mass is 16.5. The number of benzene rings is 1. The molecule has 92 valence electrons. The molecule has 2 N–H and O–H groups in total. The Balaban J connectivity index is 2.21. The van der Waals surface area contributed by atoms with Gasteiger partial charge in [-0.2, -0.15) is 0 Å². The summed E-state index contributed by atoms with van der Waals surface area (Å²) in [5.74, 6) is 0.403. The van der Waals surface area contributed by atoms with Gasteiger partial charge in [-0.15, -0.1) is 0 Å². The average Bonchev–Trinajstić information content (AvgIpc) is 2.67. The molecule has 1 amide bonds. The van der Waals surface area contributed by atoms with Gasteiger partial charge in [0.25, 0.3) is 0 Å². The summed E-state index contributed by atoms with van der Waals surface area (Å²) >= 11 is 0. The lowest BCUT2D eigenvalue weighted by Crippen LogP contribution is -2.21. The van der Waals surface area contributed by atoms with Crippen molar-refractivity contribution in [2.75, 3.05) is 32.6 Å². The van der Waals surface area contributed by atoms with Crippen LogP contribution in [0.1, 0.15) is 17.0 Å². The second-order valence-corrected chi connectivity index (χ2v) is 4.35. The molecule has 0 aromatic heterocycles. The van der Waals surface area contributed by atoms with Crippen LogP contribution in [0.3, 0.4) is 0 Å². The van der Waals surface area contributed by atoms with E-state index in [2.05, 4.69) is 22.8 Å². The fraction of sp³-hybridized carbons (Fsp3) is 0.462. The molecule has 1 atom stereocenters. The number of hydrogen-bond acceptors (Lipinski definition) is 3. The molecular formula is C13H18N2O2. The van der Waals surface area contributed by atoms with Crippen LogP contribution in [0.2, 0.25) is 0 Å². The Kier molecular flexibility index (Phi) is 3.76. The maximum absolute atomic E-state index is 11.3. The van der Waals surface area contributed by atoms with Gasteiger partial charge < -0.3 is 15.4 Å². The number of likely N-dealkylation sites (N-methyl/N-ethyl adjacent to an activating group) is 1. The van der Waals surface area contributed by atoms with Crippen molar-refractivity contribution in [3.05, 3.63) is 29.3 Å². The van der Waals surface area contributed by atoms with Gasteiger partial charge in [0, 0.05) is 25.3 Å². The first-order chi connectivity index (χ1) is 8.24. The van der Waals surface area contributed by atoms with E-state index >= 15 is 0 Å². The standard InChI is InChI=1S/C13H18N2O2/c1-14-7-11(8-17-2)9-3-4-12-10(5-9)6-13(16)15-12/h3-5,11,14H,6-8H2,1-2H3,(H,15,16). The van der Waals surface area contributed by atoms with Crippen LogP contribution < -0.4 is 10.6 Å². The van der Waals surface area contributed by atoms with Crippen molar-refractivity contribution in [1.82, 2.24) is 5.32 Å². The van der Waals surface area contributed by atoms with Gasteiger partial charge in [-0.25, -0.2) is 0 Å². The van der Waals surface area contributed by atoms with Crippen molar-refractivity contribution >= 4 is 11.6 Å². The molecule has 17 heavy (non-hydrogen) atoms. The third-order valence-electron chi connectivity index (χ3n) is 3.04. The minimum Gasteiger partial charge on any atom is -0.384 e. The molecular weight excluding hydrogens is 216 g/mol. The minimum absolute atomic E-state index is 0.0778. The third kappa shape index (κ3) is 2.65. The maximum Gasteiger partial charge on any atom is 0.228 e. The molecule has 1 aliphatic rings. The summed E-state index contributed by atoms with van der Waals surface area (Å²) in [6.45, 7) is 1.55. The summed E-state index contributed by atoms with van der Waals surface area (Å²) in [5.41, 5.74) is 3.25. The Morgan fingerprint density at radius 2 is 2.35 bits per heavy atom. The van der Waals surface area contributed by atoms with Gasteiger partial charge in [-0.3, -0.25) is 4.79 Å². The summed E-state index contributed by atoms with van der Waals surface area (Å²) < 4.78 is 5.23. The number of rotatable bonds is 5. The first kappa shape index (κ1) is 12.1. The molecule has 4 nitrogen and oxygen atoms in total. The van der Waals surface area contributed by atoms with Gasteiger partial charge in [0.1, 0.15) is 0 Å². The number of carbonyl (C=O) groups excluding carboxylic acids is 1. The zero-order valence-electron chi connectivity index (χ0n) is 10.2. The van der Waals surface area contributed by atoms with E-state index in [0.717, 1.165) is 17.8 Å². The van der Waals surface area contributed by atoms with E-state index in [1.807, 2.05) is 13.1 Å². The molecule has 0 aliphatic carbocycles. The largest absolute Gasteiger partial charge is 0.384 e. The highest BCUT2D eigenvalue weighted by Crippen LogP contribution is 2.27. The van der Waals surface area contributed by atoms with Crippen molar-refractivity contribution in [2.24, 2.45) is 0 Å². The van der Waals surface area contributed by atoms with Crippen LogP contribution in [0.5, 0.6) is 0 Å². The van der Waals surface area contributed by atoms with E-state index in [1.54, 1.807) is 7.11 Å². The highest BCUT2D eigenvalue weighted by molar-refractivity contribution is 5.99. The number of hydrogen-bond donors (Lipinski definition) is 2. The first-order valence-corrected chi connectivity index (χ1v) is 5.80. The second kappa shape index (κ2) is 5.29. The quantitative estimate of drug-likeness (QED) is 0.803. The summed E-state index contributed by atoms with van der Waals surface area (Å²) in [7, 11) is 3.64. The number of amides is 1. The Morgan fingerprint density at radius 3 is 3.06 bits per heavy atom. The predicted octanol–water partition coefficient (Wildman–Crippen LogP) is 1.13.